The van der Waals surface area contributed by atoms with Crippen molar-refractivity contribution in [2.45, 2.75) is 60.1 Å². The molecule has 1 aliphatic carbocycles. The van der Waals surface area contributed by atoms with Crippen LogP contribution in [-0.4, -0.2) is 14.4 Å². The molecule has 129 valence electrons. The monoisotopic (exact) mass is 323 g/mol. The molecule has 1 aromatic carbocycles. The molecule has 1 radical (unpaired) electrons. The Morgan fingerprint density at radius 3 is 1.83 bits per heavy atom. The van der Waals surface area contributed by atoms with Crippen molar-refractivity contribution in [3.63, 3.8) is 0 Å². The number of rotatable bonds is 4. The molecule has 0 saturated carbocycles. The first-order valence-electron chi connectivity index (χ1n) is 9.00. The molecule has 0 N–H and O–H groups in total. The van der Waals surface area contributed by atoms with E-state index in [9.17, 15) is 0 Å². The largest absolute Gasteiger partial charge is 0.497 e. The lowest BCUT2D eigenvalue weighted by molar-refractivity contribution is 0.414. The maximum absolute atomic E-state index is 5.26. The van der Waals surface area contributed by atoms with Crippen molar-refractivity contribution in [2.75, 3.05) is 7.11 Å². The summed E-state index contributed by atoms with van der Waals surface area (Å²) in [5, 5.41) is 0. The van der Waals surface area contributed by atoms with Gasteiger partial charge >= 0.3 is 0 Å². The van der Waals surface area contributed by atoms with Gasteiger partial charge in [0.05, 0.1) is 7.11 Å². The van der Waals surface area contributed by atoms with Crippen molar-refractivity contribution in [1.82, 2.24) is 0 Å². The Bertz CT molecular complexity index is 579. The summed E-state index contributed by atoms with van der Waals surface area (Å²) >= 11 is 0. The van der Waals surface area contributed by atoms with Gasteiger partial charge in [-0.3, -0.25) is 0 Å². The second-order valence-corrected chi connectivity index (χ2v) is 8.82. The molecular formula is C22H32BO. The summed E-state index contributed by atoms with van der Waals surface area (Å²) in [6, 6.07) is 8.42. The fourth-order valence-corrected chi connectivity index (χ4v) is 3.55. The summed E-state index contributed by atoms with van der Waals surface area (Å²) in [5.74, 6) is 1.35. The summed E-state index contributed by atoms with van der Waals surface area (Å²) in [6.45, 7) is 14.0. The molecule has 0 saturated heterocycles. The fourth-order valence-electron chi connectivity index (χ4n) is 3.55. The highest BCUT2D eigenvalue weighted by Crippen LogP contribution is 2.47. The zero-order valence-electron chi connectivity index (χ0n) is 16.4. The Kier molecular flexibility index (Phi) is 5.68. The molecular weight excluding hydrogens is 291 g/mol. The van der Waals surface area contributed by atoms with Gasteiger partial charge in [0.25, 0.3) is 0 Å². The molecule has 24 heavy (non-hydrogen) atoms. The van der Waals surface area contributed by atoms with Crippen LogP contribution in [0, 0.1) is 10.8 Å². The third-order valence-electron chi connectivity index (χ3n) is 4.83. The number of hydrogen-bond donors (Lipinski definition) is 0. The maximum Gasteiger partial charge on any atom is 0.130 e. The third kappa shape index (κ3) is 4.56. The SMILES string of the molecule is COc1ccc(C[B]C2C(C(C)(C)C)=CCC=C2C(C)(C)C)cc1. The Hall–Kier alpha value is -1.44. The maximum atomic E-state index is 5.26. The lowest BCUT2D eigenvalue weighted by Gasteiger charge is -2.39. The lowest BCUT2D eigenvalue weighted by atomic mass is 9.48. The summed E-state index contributed by atoms with van der Waals surface area (Å²) in [5.41, 5.74) is 4.85. The minimum Gasteiger partial charge on any atom is -0.497 e. The predicted octanol–water partition coefficient (Wildman–Crippen LogP) is 6.04. The molecule has 1 nitrogen and oxygen atoms in total. The minimum absolute atomic E-state index is 0.200. The van der Waals surface area contributed by atoms with Crippen LogP contribution in [0.3, 0.4) is 0 Å². The summed E-state index contributed by atoms with van der Waals surface area (Å²) in [4.78, 5) is 0. The Labute approximate surface area is 149 Å². The van der Waals surface area contributed by atoms with Gasteiger partial charge in [0.15, 0.2) is 0 Å². The first-order valence-corrected chi connectivity index (χ1v) is 9.00. The van der Waals surface area contributed by atoms with Gasteiger partial charge in [0.2, 0.25) is 0 Å². The molecule has 1 aromatic rings. The number of ether oxygens (including phenoxy) is 1. The van der Waals surface area contributed by atoms with E-state index >= 15 is 0 Å². The van der Waals surface area contributed by atoms with Crippen LogP contribution in [0.4, 0.5) is 0 Å². The highest BCUT2D eigenvalue weighted by molar-refractivity contribution is 6.39. The Morgan fingerprint density at radius 2 is 1.42 bits per heavy atom. The zero-order chi connectivity index (χ0) is 18.0. The third-order valence-corrected chi connectivity index (χ3v) is 4.83. The van der Waals surface area contributed by atoms with E-state index in [1.807, 2.05) is 12.1 Å². The van der Waals surface area contributed by atoms with Gasteiger partial charge in [0.1, 0.15) is 13.0 Å². The van der Waals surface area contributed by atoms with Crippen LogP contribution >= 0.6 is 0 Å². The molecule has 0 aromatic heterocycles. The van der Waals surface area contributed by atoms with Crippen molar-refractivity contribution in [3.05, 3.63) is 53.1 Å². The van der Waals surface area contributed by atoms with Gasteiger partial charge in [-0.15, -0.1) is 0 Å². The lowest BCUT2D eigenvalue weighted by Crippen LogP contribution is -2.28. The highest BCUT2D eigenvalue weighted by atomic mass is 16.5. The zero-order valence-corrected chi connectivity index (χ0v) is 16.4. The number of hydrogen-bond acceptors (Lipinski definition) is 1. The molecule has 0 bridgehead atoms. The summed E-state index contributed by atoms with van der Waals surface area (Å²) in [7, 11) is 4.21. The first-order chi connectivity index (χ1) is 11.1. The predicted molar refractivity (Wildman–Crippen MR) is 106 cm³/mol. The Morgan fingerprint density at radius 1 is 0.917 bits per heavy atom. The van der Waals surface area contributed by atoms with Crippen LogP contribution in [0.25, 0.3) is 0 Å². The molecule has 0 aliphatic heterocycles. The molecule has 0 spiro atoms. The molecule has 2 heteroatoms. The van der Waals surface area contributed by atoms with Crippen molar-refractivity contribution >= 4 is 7.28 Å². The molecule has 0 amide bonds. The van der Waals surface area contributed by atoms with Crippen molar-refractivity contribution in [3.8, 4) is 5.75 Å². The quantitative estimate of drug-likeness (QED) is 0.485. The van der Waals surface area contributed by atoms with Gasteiger partial charge in [-0.05, 0) is 35.2 Å². The van der Waals surface area contributed by atoms with Crippen molar-refractivity contribution in [2.24, 2.45) is 10.8 Å². The Balaban J connectivity index is 2.21. The molecule has 0 atom stereocenters. The van der Waals surface area contributed by atoms with Crippen LogP contribution in [-0.2, 0) is 6.32 Å². The van der Waals surface area contributed by atoms with Crippen LogP contribution in [0.15, 0.2) is 47.6 Å². The molecule has 0 fully saturated rings. The van der Waals surface area contributed by atoms with Gasteiger partial charge in [-0.1, -0.05) is 88.9 Å². The average Bonchev–Trinajstić information content (AvgIpc) is 2.51. The van der Waals surface area contributed by atoms with Gasteiger partial charge in [0, 0.05) is 0 Å². The smallest absolute Gasteiger partial charge is 0.130 e. The first kappa shape index (κ1) is 18.9. The second kappa shape index (κ2) is 7.21. The van der Waals surface area contributed by atoms with E-state index < -0.39 is 0 Å². The number of methoxy groups -OCH3 is 1. The van der Waals surface area contributed by atoms with Crippen LogP contribution < -0.4 is 4.74 Å². The van der Waals surface area contributed by atoms with E-state index in [-0.39, 0.29) is 10.8 Å². The normalized spacial score (nSPS) is 16.5. The van der Waals surface area contributed by atoms with Crippen molar-refractivity contribution < 1.29 is 4.74 Å². The van der Waals surface area contributed by atoms with E-state index in [1.54, 1.807) is 18.3 Å². The van der Waals surface area contributed by atoms with E-state index in [0.717, 1.165) is 18.5 Å². The van der Waals surface area contributed by atoms with Gasteiger partial charge in [-0.25, -0.2) is 0 Å². The topological polar surface area (TPSA) is 9.23 Å². The van der Waals surface area contributed by atoms with Crippen LogP contribution in [0.5, 0.6) is 5.75 Å². The van der Waals surface area contributed by atoms with Gasteiger partial charge < -0.3 is 4.74 Å². The van der Waals surface area contributed by atoms with Gasteiger partial charge in [-0.2, -0.15) is 0 Å². The number of allylic oxidation sites excluding steroid dienone is 4. The fraction of sp³-hybridized carbons (Fsp3) is 0.545. The molecule has 0 heterocycles. The second-order valence-electron chi connectivity index (χ2n) is 8.82. The molecule has 0 unspecified atom stereocenters. The highest BCUT2D eigenvalue weighted by Gasteiger charge is 2.34. The van der Waals surface area contributed by atoms with Crippen LogP contribution in [0.2, 0.25) is 5.82 Å². The average molecular weight is 323 g/mol. The summed E-state index contributed by atoms with van der Waals surface area (Å²) in [6.07, 6.45) is 6.91. The number of benzene rings is 1. The molecule has 1 aliphatic rings. The van der Waals surface area contributed by atoms with Crippen molar-refractivity contribution in [1.29, 1.82) is 0 Å². The summed E-state index contributed by atoms with van der Waals surface area (Å²) < 4.78 is 5.26. The standard InChI is InChI=1S/C22H32BO/c1-21(2,3)18-9-8-10-19(22(4,5)6)20(18)23-15-16-11-13-17(24-7)14-12-16/h9-14,20H,8,15H2,1-7H3. The van der Waals surface area contributed by atoms with Crippen LogP contribution in [0.1, 0.15) is 53.5 Å². The van der Waals surface area contributed by atoms with E-state index in [2.05, 4.69) is 73.1 Å². The van der Waals surface area contributed by atoms with E-state index in [1.165, 1.54) is 5.56 Å². The minimum atomic E-state index is 0.200. The van der Waals surface area contributed by atoms with E-state index in [4.69, 9.17) is 4.74 Å². The van der Waals surface area contributed by atoms with E-state index in [0.29, 0.717) is 5.82 Å². The molecule has 2 rings (SSSR count).